The molecule has 0 aliphatic carbocycles. The molecule has 1 N–H and O–H groups in total. The van der Waals surface area contributed by atoms with E-state index in [4.69, 9.17) is 9.47 Å². The van der Waals surface area contributed by atoms with Crippen molar-refractivity contribution >= 4 is 5.91 Å². The van der Waals surface area contributed by atoms with Crippen LogP contribution < -0.4 is 10.1 Å². The lowest BCUT2D eigenvalue weighted by molar-refractivity contribution is -0.121. The third kappa shape index (κ3) is 4.60. The first-order valence-electron chi connectivity index (χ1n) is 7.20. The van der Waals surface area contributed by atoms with Gasteiger partial charge in [-0.05, 0) is 23.3 Å². The Kier molecular flexibility index (Phi) is 5.98. The van der Waals surface area contributed by atoms with Crippen molar-refractivity contribution in [1.82, 2.24) is 5.32 Å². The fraction of sp³-hybridized carbons (Fsp3) is 0.278. The molecule has 1 atom stereocenters. The van der Waals surface area contributed by atoms with Crippen molar-refractivity contribution in [2.45, 2.75) is 12.5 Å². The Morgan fingerprint density at radius 3 is 2.55 bits per heavy atom. The Balaban J connectivity index is 1.89. The molecule has 0 heterocycles. The molecule has 116 valence electrons. The second kappa shape index (κ2) is 8.20. The van der Waals surface area contributed by atoms with Crippen LogP contribution >= 0.6 is 0 Å². The van der Waals surface area contributed by atoms with E-state index in [0.29, 0.717) is 13.0 Å². The molecule has 1 amide bonds. The van der Waals surface area contributed by atoms with Crippen molar-refractivity contribution in [3.05, 3.63) is 65.7 Å². The Labute approximate surface area is 131 Å². The molecule has 0 fully saturated rings. The molecule has 0 spiro atoms. The van der Waals surface area contributed by atoms with Gasteiger partial charge in [0.05, 0.1) is 19.6 Å². The van der Waals surface area contributed by atoms with Crippen molar-refractivity contribution in [1.29, 1.82) is 0 Å². The zero-order valence-electron chi connectivity index (χ0n) is 12.9. The predicted octanol–water partition coefficient (Wildman–Crippen LogP) is 2.74. The summed E-state index contributed by atoms with van der Waals surface area (Å²) in [5.74, 6) is 0.718. The van der Waals surface area contributed by atoms with E-state index in [1.54, 1.807) is 14.2 Å². The number of methoxy groups -OCH3 is 2. The fourth-order valence-corrected chi connectivity index (χ4v) is 2.24. The summed E-state index contributed by atoms with van der Waals surface area (Å²) in [4.78, 5) is 12.1. The second-order valence-corrected chi connectivity index (χ2v) is 4.97. The van der Waals surface area contributed by atoms with Gasteiger partial charge in [-0.25, -0.2) is 0 Å². The Hall–Kier alpha value is -2.33. The van der Waals surface area contributed by atoms with Crippen LogP contribution in [0.4, 0.5) is 0 Å². The molecule has 2 aromatic carbocycles. The monoisotopic (exact) mass is 299 g/mol. The molecule has 4 heteroatoms. The first-order chi connectivity index (χ1) is 10.7. The molecule has 0 saturated heterocycles. The van der Waals surface area contributed by atoms with Crippen LogP contribution in [-0.4, -0.2) is 26.7 Å². The maximum Gasteiger partial charge on any atom is 0.224 e. The second-order valence-electron chi connectivity index (χ2n) is 4.97. The molecule has 0 bridgehead atoms. The molecule has 0 aliphatic heterocycles. The number of rotatable bonds is 7. The summed E-state index contributed by atoms with van der Waals surface area (Å²) in [6.45, 7) is 0.448. The lowest BCUT2D eigenvalue weighted by atomic mass is 10.1. The molecule has 0 saturated carbocycles. The Bertz CT molecular complexity index is 598. The zero-order valence-corrected chi connectivity index (χ0v) is 12.9. The van der Waals surface area contributed by atoms with E-state index in [2.05, 4.69) is 5.32 Å². The van der Waals surface area contributed by atoms with E-state index >= 15 is 0 Å². The highest BCUT2D eigenvalue weighted by atomic mass is 16.5. The Morgan fingerprint density at radius 2 is 1.86 bits per heavy atom. The van der Waals surface area contributed by atoms with Crippen LogP contribution in [0.3, 0.4) is 0 Å². The average molecular weight is 299 g/mol. The van der Waals surface area contributed by atoms with Gasteiger partial charge in [0.2, 0.25) is 5.91 Å². The number of nitrogens with one attached hydrogen (secondary N) is 1. The molecule has 2 aromatic rings. The number of amides is 1. The van der Waals surface area contributed by atoms with Crippen LogP contribution in [0.2, 0.25) is 0 Å². The van der Waals surface area contributed by atoms with Crippen LogP contribution in [0.15, 0.2) is 54.6 Å². The van der Waals surface area contributed by atoms with Gasteiger partial charge in [0.25, 0.3) is 0 Å². The van der Waals surface area contributed by atoms with Crippen molar-refractivity contribution in [3.8, 4) is 5.75 Å². The number of benzene rings is 2. The molecule has 0 aliphatic rings. The summed E-state index contributed by atoms with van der Waals surface area (Å²) >= 11 is 0. The van der Waals surface area contributed by atoms with E-state index in [1.807, 2.05) is 54.6 Å². The van der Waals surface area contributed by atoms with Gasteiger partial charge in [0, 0.05) is 13.7 Å². The molecule has 2 rings (SSSR count). The van der Waals surface area contributed by atoms with Crippen molar-refractivity contribution in [3.63, 3.8) is 0 Å². The lowest BCUT2D eigenvalue weighted by Gasteiger charge is -2.16. The van der Waals surface area contributed by atoms with Gasteiger partial charge in [0.1, 0.15) is 5.75 Å². The largest absolute Gasteiger partial charge is 0.497 e. The van der Waals surface area contributed by atoms with Crippen LogP contribution in [0, 0.1) is 0 Å². The minimum atomic E-state index is -0.143. The van der Waals surface area contributed by atoms with Gasteiger partial charge >= 0.3 is 0 Å². The molecule has 1 unspecified atom stereocenters. The normalized spacial score (nSPS) is 11.7. The summed E-state index contributed by atoms with van der Waals surface area (Å²) in [6.07, 6.45) is 0.179. The van der Waals surface area contributed by atoms with Gasteiger partial charge in [0.15, 0.2) is 0 Å². The molecule has 0 radical (unpaired) electrons. The van der Waals surface area contributed by atoms with Crippen LogP contribution in [-0.2, 0) is 16.0 Å². The van der Waals surface area contributed by atoms with Crippen LogP contribution in [0.25, 0.3) is 0 Å². The number of ether oxygens (including phenoxy) is 2. The van der Waals surface area contributed by atoms with Crippen LogP contribution in [0.5, 0.6) is 5.75 Å². The quantitative estimate of drug-likeness (QED) is 0.855. The number of carbonyl (C=O) groups excluding carboxylic acids is 1. The maximum atomic E-state index is 12.1. The van der Waals surface area contributed by atoms with Crippen molar-refractivity contribution in [2.24, 2.45) is 0 Å². The van der Waals surface area contributed by atoms with E-state index in [9.17, 15) is 4.79 Å². The van der Waals surface area contributed by atoms with Crippen LogP contribution in [0.1, 0.15) is 17.2 Å². The predicted molar refractivity (Wildman–Crippen MR) is 85.9 cm³/mol. The molecule has 0 aromatic heterocycles. The van der Waals surface area contributed by atoms with Crippen molar-refractivity contribution in [2.75, 3.05) is 20.8 Å². The summed E-state index contributed by atoms with van der Waals surface area (Å²) < 4.78 is 10.6. The average Bonchev–Trinajstić information content (AvgIpc) is 2.56. The van der Waals surface area contributed by atoms with E-state index in [1.165, 1.54) is 0 Å². The molecular formula is C18H21NO3. The van der Waals surface area contributed by atoms with E-state index in [0.717, 1.165) is 16.9 Å². The maximum absolute atomic E-state index is 12.1. The molecular weight excluding hydrogens is 278 g/mol. The molecule has 22 heavy (non-hydrogen) atoms. The highest BCUT2D eigenvalue weighted by Gasteiger charge is 2.12. The summed E-state index contributed by atoms with van der Waals surface area (Å²) in [6, 6.07) is 17.4. The first kappa shape index (κ1) is 16.0. The smallest absolute Gasteiger partial charge is 0.224 e. The minimum Gasteiger partial charge on any atom is -0.497 e. The van der Waals surface area contributed by atoms with Gasteiger partial charge in [-0.2, -0.15) is 0 Å². The summed E-state index contributed by atoms with van der Waals surface area (Å²) in [7, 11) is 3.26. The van der Waals surface area contributed by atoms with Gasteiger partial charge in [-0.1, -0.05) is 42.5 Å². The standard InChI is InChI=1S/C18H21NO3/c1-21-16-10-6-7-14(11-16)12-18(20)19-13-17(22-2)15-8-4-3-5-9-15/h3-11,17H,12-13H2,1-2H3,(H,19,20). The van der Waals surface area contributed by atoms with Crippen molar-refractivity contribution < 1.29 is 14.3 Å². The summed E-state index contributed by atoms with van der Waals surface area (Å²) in [5.41, 5.74) is 1.97. The lowest BCUT2D eigenvalue weighted by Crippen LogP contribution is -2.30. The number of hydrogen-bond donors (Lipinski definition) is 1. The topological polar surface area (TPSA) is 47.6 Å². The fourth-order valence-electron chi connectivity index (χ4n) is 2.24. The minimum absolute atomic E-state index is 0.0359. The number of hydrogen-bond acceptors (Lipinski definition) is 3. The van der Waals surface area contributed by atoms with Gasteiger partial charge in [-0.15, -0.1) is 0 Å². The number of carbonyl (C=O) groups is 1. The van der Waals surface area contributed by atoms with E-state index < -0.39 is 0 Å². The highest BCUT2D eigenvalue weighted by molar-refractivity contribution is 5.78. The first-order valence-corrected chi connectivity index (χ1v) is 7.20. The third-order valence-corrected chi connectivity index (χ3v) is 3.44. The van der Waals surface area contributed by atoms with Gasteiger partial charge < -0.3 is 14.8 Å². The zero-order chi connectivity index (χ0) is 15.8. The van der Waals surface area contributed by atoms with Gasteiger partial charge in [-0.3, -0.25) is 4.79 Å². The summed E-state index contributed by atoms with van der Waals surface area (Å²) in [5, 5.41) is 2.91. The third-order valence-electron chi connectivity index (χ3n) is 3.44. The molecule has 4 nitrogen and oxygen atoms in total. The van der Waals surface area contributed by atoms with E-state index in [-0.39, 0.29) is 12.0 Å². The highest BCUT2D eigenvalue weighted by Crippen LogP contribution is 2.15. The SMILES string of the molecule is COc1cccc(CC(=O)NCC(OC)c2ccccc2)c1. The Morgan fingerprint density at radius 1 is 1.09 bits per heavy atom.